The third-order valence-electron chi connectivity index (χ3n) is 0. The van der Waals surface area contributed by atoms with E-state index in [0.29, 0.717) is 0 Å². The molecule has 8 nitrogen and oxygen atoms in total. The average molecular weight is 761 g/mol. The Balaban J connectivity index is -0.0000000178. The van der Waals surface area contributed by atoms with Gasteiger partial charge in [0, 0.05) is 26.2 Å². The van der Waals surface area contributed by atoms with Gasteiger partial charge in [0.25, 0.3) is 0 Å². The van der Waals surface area contributed by atoms with Gasteiger partial charge in [0.2, 0.25) is 0 Å². The smallest absolute Gasteiger partial charge is 0 e. The van der Waals surface area contributed by atoms with E-state index >= 15 is 0 Å². The van der Waals surface area contributed by atoms with E-state index in [1.165, 1.54) is 0 Å². The first-order valence-corrected chi connectivity index (χ1v) is 7.38. The van der Waals surface area contributed by atoms with Crippen LogP contribution in [0.1, 0.15) is 0 Å². The van der Waals surface area contributed by atoms with Crippen molar-refractivity contribution in [3.63, 3.8) is 0 Å². The third-order valence-corrected chi connectivity index (χ3v) is 0. The molecule has 8 N–H and O–H groups in total. The van der Waals surface area contributed by atoms with Crippen LogP contribution in [0.15, 0.2) is 0 Å². The summed E-state index contributed by atoms with van der Waals surface area (Å²) >= 11 is -10.0. The Labute approximate surface area is 207 Å². The van der Waals surface area contributed by atoms with Crippen LogP contribution in [-0.2, 0) is 62.5 Å². The second-order valence-corrected chi connectivity index (χ2v) is 4.95. The van der Waals surface area contributed by atoms with Gasteiger partial charge in [-0.25, -0.2) is 0 Å². The summed E-state index contributed by atoms with van der Waals surface area (Å²) in [5.41, 5.74) is 0. The molecule has 0 aromatic rings. The minimum atomic E-state index is -5.00. The van der Waals surface area contributed by atoms with Crippen molar-refractivity contribution >= 4 is 122 Å². The molecule has 2 radical (unpaired) electrons. The zero-order chi connectivity index (χ0) is 9.00. The minimum Gasteiger partial charge on any atom is 0 e. The van der Waals surface area contributed by atoms with Gasteiger partial charge in [0.1, 0.15) is 0 Å². The van der Waals surface area contributed by atoms with E-state index in [1.807, 2.05) is 0 Å². The molecule has 0 amide bonds. The van der Waals surface area contributed by atoms with Gasteiger partial charge >= 0.3 is 187 Å². The predicted molar refractivity (Wildman–Crippen MR) is 43.4 cm³/mol. The summed E-state index contributed by atoms with van der Waals surface area (Å²) < 4.78 is 59.0. The van der Waals surface area contributed by atoms with Gasteiger partial charge in [-0.05, 0) is 0 Å². The van der Waals surface area contributed by atoms with Gasteiger partial charge in [-0.15, -0.1) is 0 Å². The van der Waals surface area contributed by atoms with Crippen molar-refractivity contribution in [2.24, 2.45) is 0 Å². The molecule has 0 saturated heterocycles. The van der Waals surface area contributed by atoms with E-state index in [0.717, 1.165) is 0 Å². The third kappa shape index (κ3) is 145. The monoisotopic (exact) mass is 762 g/mol. The molecular formula is H14BaO8PbSrTi2Zr. The van der Waals surface area contributed by atoms with Crippen LogP contribution in [0.25, 0.3) is 0 Å². The number of rotatable bonds is 0. The van der Waals surface area contributed by atoms with Crippen molar-refractivity contribution in [1.29, 1.82) is 0 Å². The maximum atomic E-state index is 7.38. The molecule has 0 atom stereocenters. The molecule has 0 bridgehead atoms. The zero-order valence-electron chi connectivity index (χ0n) is 5.78. The summed E-state index contributed by atoms with van der Waals surface area (Å²) in [6.07, 6.45) is 0. The summed E-state index contributed by atoms with van der Waals surface area (Å²) in [5.74, 6) is 0. The molecule has 0 aromatic heterocycles. The van der Waals surface area contributed by atoms with Gasteiger partial charge in [-0.1, -0.05) is 0 Å². The summed E-state index contributed by atoms with van der Waals surface area (Å²) in [7, 11) is 0. The van der Waals surface area contributed by atoms with Crippen LogP contribution in [0.3, 0.4) is 0 Å². The Morgan fingerprint density at radius 2 is 0.571 bits per heavy atom. The first-order valence-electron chi connectivity index (χ1n) is 1.79. The Bertz CT molecular complexity index is 70.3. The standard InChI is InChI=1S/Ba.8H2O.Pb.Sr.2Ti.Zr.6H/h;8*1H2;;;;;;;;;;;/q;;;;;;;;;;;2*+4;;;;;;;/p-8. The summed E-state index contributed by atoms with van der Waals surface area (Å²) in [4.78, 5) is 0. The van der Waals surface area contributed by atoms with Crippen molar-refractivity contribution in [3.05, 3.63) is 0 Å². The van der Waals surface area contributed by atoms with Gasteiger partial charge < -0.3 is 0 Å². The predicted octanol–water partition coefficient (Wildman–Crippen LogP) is -7.21. The van der Waals surface area contributed by atoms with E-state index in [1.54, 1.807) is 0 Å². The van der Waals surface area contributed by atoms with Crippen LogP contribution >= 0.6 is 0 Å². The van der Waals surface area contributed by atoms with E-state index in [9.17, 15) is 0 Å². The first kappa shape index (κ1) is 36.8. The van der Waals surface area contributed by atoms with Crippen molar-refractivity contribution in [2.75, 3.05) is 0 Å². The Morgan fingerprint density at radius 3 is 0.571 bits per heavy atom. The Morgan fingerprint density at radius 1 is 0.571 bits per heavy atom. The second kappa shape index (κ2) is 19.0. The molecule has 82 valence electrons. The second-order valence-electron chi connectivity index (χ2n) is 1.20. The van der Waals surface area contributed by atoms with Crippen molar-refractivity contribution < 1.29 is 92.0 Å². The number of hydrogen-bond donors (Lipinski definition) is 8. The van der Waals surface area contributed by atoms with E-state index in [4.69, 9.17) is 29.5 Å². The van der Waals surface area contributed by atoms with E-state index in [2.05, 4.69) is 0 Å². The van der Waals surface area contributed by atoms with Gasteiger partial charge in [-0.2, -0.15) is 0 Å². The molecule has 14 heavy (non-hydrogen) atoms. The van der Waals surface area contributed by atoms with Gasteiger partial charge in [0.15, 0.2) is 0 Å². The molecule has 0 aromatic carbocycles. The van der Waals surface area contributed by atoms with Crippen LogP contribution in [-0.4, -0.2) is 151 Å². The van der Waals surface area contributed by atoms with E-state index < -0.39 is 36.3 Å². The molecule has 0 unspecified atom stereocenters. The molecule has 0 aliphatic heterocycles. The molecule has 0 aliphatic carbocycles. The van der Waals surface area contributed by atoms with Crippen molar-refractivity contribution in [2.45, 2.75) is 0 Å². The maximum Gasteiger partial charge on any atom is 0 e. The van der Waals surface area contributed by atoms with E-state index in [-0.39, 0.29) is 148 Å². The topological polar surface area (TPSA) is 162 Å². The summed E-state index contributed by atoms with van der Waals surface area (Å²) in [6, 6.07) is 0. The molecule has 0 saturated carbocycles. The molecule has 0 spiro atoms. The fourth-order valence-electron chi connectivity index (χ4n) is 0. The first-order chi connectivity index (χ1) is 4.00. The zero-order valence-corrected chi connectivity index (χ0v) is 16.9. The maximum absolute atomic E-state index is 7.38. The van der Waals surface area contributed by atoms with Gasteiger partial charge in [-0.3, -0.25) is 0 Å². The van der Waals surface area contributed by atoms with Crippen LogP contribution < -0.4 is 0 Å². The van der Waals surface area contributed by atoms with Crippen LogP contribution in [0.4, 0.5) is 0 Å². The molecule has 0 aliphatic rings. The Kier molecular flexibility index (Phi) is 49.9. The fourth-order valence-corrected chi connectivity index (χ4v) is 0. The van der Waals surface area contributed by atoms with Gasteiger partial charge in [0.05, 0.1) is 0 Å². The Hall–Kier alpha value is 5.97. The molecule has 0 fully saturated rings. The SMILES string of the molecule is [BaH2].[OH][Ti]([OH])([OH])[OH].[OH][Ti]([OH])([OH])[OH].[PbH2].[SrH2].[Zr]. The van der Waals surface area contributed by atoms with Crippen molar-refractivity contribution in [1.82, 2.24) is 0 Å². The average Bonchev–Trinajstić information content (AvgIpc) is 1.12. The molecule has 0 rings (SSSR count). The normalized spacial score (nSPS) is 8.57. The van der Waals surface area contributed by atoms with Crippen LogP contribution in [0, 0.1) is 0 Å². The summed E-state index contributed by atoms with van der Waals surface area (Å²) in [6.45, 7) is 0. The molecular weight excluding hydrogens is 747 g/mol. The summed E-state index contributed by atoms with van der Waals surface area (Å²) in [5, 5.41) is 0. The minimum absolute atomic E-state index is 0. The quantitative estimate of drug-likeness (QED) is 0.113. The van der Waals surface area contributed by atoms with Crippen molar-refractivity contribution in [3.8, 4) is 0 Å². The fraction of sp³-hybridized carbons (Fsp3) is 0. The van der Waals surface area contributed by atoms with Crippen LogP contribution in [0.2, 0.25) is 0 Å². The number of hydrogen-bond acceptors (Lipinski definition) is 8. The molecule has 0 heterocycles. The molecule has 14 heteroatoms. The van der Waals surface area contributed by atoms with Crippen LogP contribution in [0.5, 0.6) is 0 Å². The largest absolute Gasteiger partial charge is 0 e.